The Morgan fingerprint density at radius 2 is 2.00 bits per heavy atom. The highest BCUT2D eigenvalue weighted by atomic mass is 19.2. The number of rotatable bonds is 3. The number of aliphatic hydroxyl groups is 1. The molecule has 0 amide bonds. The molecule has 2 unspecified atom stereocenters. The quantitative estimate of drug-likeness (QED) is 0.753. The first-order chi connectivity index (χ1) is 12.5. The Morgan fingerprint density at radius 3 is 2.73 bits per heavy atom. The van der Waals surface area contributed by atoms with Crippen LogP contribution in [0.5, 0.6) is 0 Å². The molecule has 2 aromatic carbocycles. The van der Waals surface area contributed by atoms with E-state index in [0.717, 1.165) is 12.6 Å². The lowest BCUT2D eigenvalue weighted by molar-refractivity contribution is -0.0747. The van der Waals surface area contributed by atoms with Crippen molar-refractivity contribution in [3.63, 3.8) is 0 Å². The van der Waals surface area contributed by atoms with Crippen molar-refractivity contribution >= 4 is 11.0 Å². The number of fused-ring (bicyclic) bond motifs is 1. The van der Waals surface area contributed by atoms with Crippen molar-refractivity contribution < 1.29 is 18.3 Å². The van der Waals surface area contributed by atoms with Crippen LogP contribution in [0.3, 0.4) is 0 Å². The molecule has 0 bridgehead atoms. The summed E-state index contributed by atoms with van der Waals surface area (Å²) < 4.78 is 34.1. The molecule has 1 fully saturated rings. The molecule has 0 spiro atoms. The van der Waals surface area contributed by atoms with Crippen LogP contribution in [0.25, 0.3) is 11.0 Å². The molecule has 1 aromatic heterocycles. The van der Waals surface area contributed by atoms with Crippen LogP contribution in [0.4, 0.5) is 8.78 Å². The van der Waals surface area contributed by atoms with Gasteiger partial charge in [-0.15, -0.1) is 0 Å². The molecule has 4 rings (SSSR count). The van der Waals surface area contributed by atoms with E-state index in [0.29, 0.717) is 24.9 Å². The van der Waals surface area contributed by atoms with Crippen molar-refractivity contribution in [1.82, 2.24) is 4.90 Å². The van der Waals surface area contributed by atoms with Gasteiger partial charge in [-0.25, -0.2) is 8.78 Å². The molecule has 3 nitrogen and oxygen atoms in total. The minimum absolute atomic E-state index is 0.0515. The molecule has 0 aliphatic carbocycles. The highest BCUT2D eigenvalue weighted by molar-refractivity contribution is 5.81. The van der Waals surface area contributed by atoms with Crippen LogP contribution < -0.4 is 0 Å². The minimum atomic E-state index is -1.46. The van der Waals surface area contributed by atoms with Crippen molar-refractivity contribution in [3.05, 3.63) is 71.5 Å². The standard InChI is InChI=1S/C21H21F2NO2/c1-14-12-24(13-15-5-3-2-4-6-15)9-8-21(14,25)18-19(23)17(22)11-16-7-10-26-20(16)18/h2-7,10-11,14,25H,8-9,12-13H2,1H3. The Hall–Kier alpha value is -2.24. The molecule has 2 atom stereocenters. The molecule has 3 aromatic rings. The molecule has 5 heteroatoms. The SMILES string of the molecule is CC1CN(Cc2ccccc2)CCC1(O)c1c(F)c(F)cc2ccoc12. The number of nitrogens with zero attached hydrogens (tertiary/aromatic N) is 1. The minimum Gasteiger partial charge on any atom is -0.464 e. The van der Waals surface area contributed by atoms with Crippen LogP contribution in [-0.2, 0) is 12.1 Å². The summed E-state index contributed by atoms with van der Waals surface area (Å²) in [5.41, 5.74) is -0.0928. The van der Waals surface area contributed by atoms with Gasteiger partial charge in [0.05, 0.1) is 11.8 Å². The second-order valence-corrected chi connectivity index (χ2v) is 7.18. The normalized spacial score (nSPS) is 24.2. The maximum atomic E-state index is 14.6. The third-order valence-electron chi connectivity index (χ3n) is 5.47. The molecular formula is C21H21F2NO2. The van der Waals surface area contributed by atoms with Gasteiger partial charge in [0.15, 0.2) is 11.6 Å². The van der Waals surface area contributed by atoms with Gasteiger partial charge >= 0.3 is 0 Å². The fraction of sp³-hybridized carbons (Fsp3) is 0.333. The smallest absolute Gasteiger partial charge is 0.168 e. The number of hydrogen-bond acceptors (Lipinski definition) is 3. The maximum Gasteiger partial charge on any atom is 0.168 e. The van der Waals surface area contributed by atoms with Crippen LogP contribution in [0.15, 0.2) is 53.1 Å². The van der Waals surface area contributed by atoms with E-state index in [1.54, 1.807) is 6.07 Å². The second kappa shape index (κ2) is 6.49. The third-order valence-corrected chi connectivity index (χ3v) is 5.47. The summed E-state index contributed by atoms with van der Waals surface area (Å²) in [6.07, 6.45) is 1.71. The van der Waals surface area contributed by atoms with Crippen molar-refractivity contribution in [1.29, 1.82) is 0 Å². The number of furan rings is 1. The Kier molecular flexibility index (Phi) is 4.29. The van der Waals surface area contributed by atoms with E-state index in [-0.39, 0.29) is 17.1 Å². The number of hydrogen-bond donors (Lipinski definition) is 1. The highest BCUT2D eigenvalue weighted by Gasteiger charge is 2.44. The highest BCUT2D eigenvalue weighted by Crippen LogP contribution is 2.43. The molecule has 136 valence electrons. The fourth-order valence-corrected chi connectivity index (χ4v) is 4.00. The van der Waals surface area contributed by atoms with E-state index < -0.39 is 17.2 Å². The summed E-state index contributed by atoms with van der Waals surface area (Å²) in [7, 11) is 0. The Balaban J connectivity index is 1.64. The van der Waals surface area contributed by atoms with Gasteiger partial charge in [-0.2, -0.15) is 0 Å². The van der Waals surface area contributed by atoms with E-state index >= 15 is 0 Å². The number of halogens is 2. The number of likely N-dealkylation sites (tertiary alicyclic amines) is 1. The Morgan fingerprint density at radius 1 is 1.23 bits per heavy atom. The van der Waals surface area contributed by atoms with Crippen molar-refractivity contribution in [3.8, 4) is 0 Å². The molecule has 2 heterocycles. The average molecular weight is 357 g/mol. The van der Waals surface area contributed by atoms with E-state index in [1.807, 2.05) is 25.1 Å². The van der Waals surface area contributed by atoms with Gasteiger partial charge in [-0.05, 0) is 24.1 Å². The van der Waals surface area contributed by atoms with Crippen molar-refractivity contribution in [2.45, 2.75) is 25.5 Å². The molecule has 1 saturated heterocycles. The summed E-state index contributed by atoms with van der Waals surface area (Å²) >= 11 is 0. The number of piperidine rings is 1. The van der Waals surface area contributed by atoms with Gasteiger partial charge in [0.1, 0.15) is 11.2 Å². The summed E-state index contributed by atoms with van der Waals surface area (Å²) in [6, 6.07) is 12.8. The predicted molar refractivity (Wildman–Crippen MR) is 95.5 cm³/mol. The van der Waals surface area contributed by atoms with Gasteiger partial charge in [-0.3, -0.25) is 4.90 Å². The van der Waals surface area contributed by atoms with Crippen molar-refractivity contribution in [2.24, 2.45) is 5.92 Å². The van der Waals surface area contributed by atoms with Gasteiger partial charge in [0, 0.05) is 30.9 Å². The lowest BCUT2D eigenvalue weighted by Gasteiger charge is -2.43. The van der Waals surface area contributed by atoms with Gasteiger partial charge in [-0.1, -0.05) is 37.3 Å². The summed E-state index contributed by atoms with van der Waals surface area (Å²) in [4.78, 5) is 2.23. The zero-order valence-corrected chi connectivity index (χ0v) is 14.6. The average Bonchev–Trinajstić information content (AvgIpc) is 3.07. The first-order valence-electron chi connectivity index (χ1n) is 8.83. The van der Waals surface area contributed by atoms with Crippen LogP contribution in [0.2, 0.25) is 0 Å². The topological polar surface area (TPSA) is 36.6 Å². The first kappa shape index (κ1) is 17.2. The summed E-state index contributed by atoms with van der Waals surface area (Å²) in [5, 5.41) is 11.8. The van der Waals surface area contributed by atoms with E-state index in [2.05, 4.69) is 17.0 Å². The molecule has 1 aliphatic rings. The van der Waals surface area contributed by atoms with Crippen LogP contribution in [-0.4, -0.2) is 23.1 Å². The zero-order valence-electron chi connectivity index (χ0n) is 14.6. The van der Waals surface area contributed by atoms with Gasteiger partial charge in [0.2, 0.25) is 0 Å². The lowest BCUT2D eigenvalue weighted by atomic mass is 9.76. The predicted octanol–water partition coefficient (Wildman–Crippen LogP) is 4.44. The zero-order chi connectivity index (χ0) is 18.3. The number of benzene rings is 2. The largest absolute Gasteiger partial charge is 0.464 e. The molecule has 0 radical (unpaired) electrons. The van der Waals surface area contributed by atoms with E-state index in [4.69, 9.17) is 4.42 Å². The first-order valence-corrected chi connectivity index (χ1v) is 8.83. The second-order valence-electron chi connectivity index (χ2n) is 7.18. The maximum absolute atomic E-state index is 14.6. The molecule has 26 heavy (non-hydrogen) atoms. The Bertz CT molecular complexity index is 924. The molecule has 0 saturated carbocycles. The van der Waals surface area contributed by atoms with Crippen LogP contribution >= 0.6 is 0 Å². The van der Waals surface area contributed by atoms with Crippen LogP contribution in [0.1, 0.15) is 24.5 Å². The monoisotopic (exact) mass is 357 g/mol. The van der Waals surface area contributed by atoms with Crippen molar-refractivity contribution in [2.75, 3.05) is 13.1 Å². The molecular weight excluding hydrogens is 336 g/mol. The van der Waals surface area contributed by atoms with Gasteiger partial charge in [0.25, 0.3) is 0 Å². The van der Waals surface area contributed by atoms with Crippen LogP contribution in [0, 0.1) is 17.6 Å². The molecule has 1 N–H and O–H groups in total. The summed E-state index contributed by atoms with van der Waals surface area (Å²) in [5.74, 6) is -2.25. The molecule has 1 aliphatic heterocycles. The Labute approximate surface area is 150 Å². The van der Waals surface area contributed by atoms with E-state index in [9.17, 15) is 13.9 Å². The lowest BCUT2D eigenvalue weighted by Crippen LogP contribution is -2.49. The fourth-order valence-electron chi connectivity index (χ4n) is 4.00. The summed E-state index contributed by atoms with van der Waals surface area (Å²) in [6.45, 7) is 3.82. The third kappa shape index (κ3) is 2.81. The van der Waals surface area contributed by atoms with Gasteiger partial charge < -0.3 is 9.52 Å². The van der Waals surface area contributed by atoms with E-state index in [1.165, 1.54) is 11.8 Å².